The van der Waals surface area contributed by atoms with Gasteiger partial charge in [-0.3, -0.25) is 0 Å². The van der Waals surface area contributed by atoms with E-state index in [0.29, 0.717) is 12.8 Å². The Morgan fingerprint density at radius 2 is 0.676 bits per heavy atom. The molecule has 2 nitrogen and oxygen atoms in total. The van der Waals surface area contributed by atoms with Gasteiger partial charge >= 0.3 is 0 Å². The predicted molar refractivity (Wildman–Crippen MR) is 137 cm³/mol. The zero-order valence-electron chi connectivity index (χ0n) is 19.5. The van der Waals surface area contributed by atoms with E-state index in [9.17, 15) is 10.2 Å². The molecular formula is C32H32O2. The SMILES string of the molecule is OC(c1ccccc1)(c1ccccc1)C1(C(O)(c2ccccc2)c2ccccc2)CCCCC1. The van der Waals surface area contributed by atoms with Gasteiger partial charge in [-0.15, -0.1) is 0 Å². The summed E-state index contributed by atoms with van der Waals surface area (Å²) < 4.78 is 0. The van der Waals surface area contributed by atoms with Crippen molar-refractivity contribution in [2.45, 2.75) is 43.3 Å². The van der Waals surface area contributed by atoms with Gasteiger partial charge in [0, 0.05) is 5.41 Å². The third-order valence-electron chi connectivity index (χ3n) is 7.86. The fourth-order valence-corrected chi connectivity index (χ4v) is 6.30. The number of rotatable bonds is 6. The zero-order chi connectivity index (χ0) is 23.5. The fraction of sp³-hybridized carbons (Fsp3) is 0.250. The molecule has 0 amide bonds. The molecule has 172 valence electrons. The van der Waals surface area contributed by atoms with E-state index in [1.165, 1.54) is 0 Å². The van der Waals surface area contributed by atoms with Crippen molar-refractivity contribution in [3.8, 4) is 0 Å². The van der Waals surface area contributed by atoms with Gasteiger partial charge in [-0.1, -0.05) is 141 Å². The minimum Gasteiger partial charge on any atom is -0.380 e. The van der Waals surface area contributed by atoms with Crippen molar-refractivity contribution < 1.29 is 10.2 Å². The molecule has 2 N–H and O–H groups in total. The van der Waals surface area contributed by atoms with Gasteiger partial charge in [0.15, 0.2) is 0 Å². The first kappa shape index (κ1) is 22.6. The predicted octanol–water partition coefficient (Wildman–Crippen LogP) is 6.81. The molecule has 0 aliphatic heterocycles. The second-order valence-electron chi connectivity index (χ2n) is 9.53. The molecule has 0 atom stereocenters. The maximum Gasteiger partial charge on any atom is 0.124 e. The standard InChI is InChI=1S/C32H32O2/c33-31(26-16-6-1-7-17-26,27-18-8-2-9-19-27)30(24-14-5-15-25-30)32(34,28-20-10-3-11-21-28)29-22-12-4-13-23-29/h1-4,6-13,16-23,33-34H,5,14-15,24-25H2. The Morgan fingerprint density at radius 3 is 0.941 bits per heavy atom. The van der Waals surface area contributed by atoms with Crippen LogP contribution in [0, 0.1) is 5.41 Å². The monoisotopic (exact) mass is 448 g/mol. The van der Waals surface area contributed by atoms with Crippen LogP contribution in [0.3, 0.4) is 0 Å². The molecule has 34 heavy (non-hydrogen) atoms. The topological polar surface area (TPSA) is 40.5 Å². The lowest BCUT2D eigenvalue weighted by Crippen LogP contribution is -2.60. The van der Waals surface area contributed by atoms with Crippen LogP contribution in [-0.4, -0.2) is 10.2 Å². The summed E-state index contributed by atoms with van der Waals surface area (Å²) in [5.74, 6) is 0. The van der Waals surface area contributed by atoms with Crippen LogP contribution in [-0.2, 0) is 11.2 Å². The molecule has 4 aromatic rings. The molecule has 1 saturated carbocycles. The molecule has 2 heteroatoms. The van der Waals surface area contributed by atoms with Crippen LogP contribution in [0.25, 0.3) is 0 Å². The molecule has 1 aliphatic carbocycles. The highest BCUT2D eigenvalue weighted by molar-refractivity contribution is 5.47. The Bertz CT molecular complexity index is 1010. The largest absolute Gasteiger partial charge is 0.380 e. The summed E-state index contributed by atoms with van der Waals surface area (Å²) in [5, 5.41) is 26.3. The van der Waals surface area contributed by atoms with Crippen LogP contribution in [0.1, 0.15) is 54.4 Å². The van der Waals surface area contributed by atoms with Crippen molar-refractivity contribution in [3.05, 3.63) is 144 Å². The molecule has 0 unspecified atom stereocenters. The molecule has 0 bridgehead atoms. The van der Waals surface area contributed by atoms with E-state index < -0.39 is 16.6 Å². The van der Waals surface area contributed by atoms with Crippen molar-refractivity contribution in [3.63, 3.8) is 0 Å². The summed E-state index contributed by atoms with van der Waals surface area (Å²) in [5.41, 5.74) is -0.445. The van der Waals surface area contributed by atoms with Crippen molar-refractivity contribution >= 4 is 0 Å². The van der Waals surface area contributed by atoms with E-state index in [2.05, 4.69) is 0 Å². The average molecular weight is 449 g/mol. The lowest BCUT2D eigenvalue weighted by molar-refractivity contribution is -0.188. The quantitative estimate of drug-likeness (QED) is 0.340. The smallest absolute Gasteiger partial charge is 0.124 e. The van der Waals surface area contributed by atoms with Crippen LogP contribution in [0.4, 0.5) is 0 Å². The van der Waals surface area contributed by atoms with E-state index >= 15 is 0 Å². The average Bonchev–Trinajstić information content (AvgIpc) is 2.94. The molecule has 1 aliphatic rings. The molecule has 0 spiro atoms. The lowest BCUT2D eigenvalue weighted by Gasteiger charge is -2.58. The summed E-state index contributed by atoms with van der Waals surface area (Å²) in [7, 11) is 0. The summed E-state index contributed by atoms with van der Waals surface area (Å²) >= 11 is 0. The van der Waals surface area contributed by atoms with Gasteiger partial charge in [-0.25, -0.2) is 0 Å². The van der Waals surface area contributed by atoms with Crippen molar-refractivity contribution in [2.75, 3.05) is 0 Å². The van der Waals surface area contributed by atoms with Gasteiger partial charge in [-0.05, 0) is 35.1 Å². The minimum absolute atomic E-state index is 0.702. The van der Waals surface area contributed by atoms with Crippen LogP contribution >= 0.6 is 0 Å². The zero-order valence-corrected chi connectivity index (χ0v) is 19.5. The number of hydrogen-bond acceptors (Lipinski definition) is 2. The highest BCUT2D eigenvalue weighted by atomic mass is 16.3. The van der Waals surface area contributed by atoms with Crippen LogP contribution in [0.5, 0.6) is 0 Å². The second-order valence-corrected chi connectivity index (χ2v) is 9.53. The summed E-state index contributed by atoms with van der Waals surface area (Å²) in [6.07, 6.45) is 4.40. The lowest BCUT2D eigenvalue weighted by atomic mass is 9.49. The van der Waals surface area contributed by atoms with E-state index in [1.54, 1.807) is 0 Å². The van der Waals surface area contributed by atoms with Gasteiger partial charge < -0.3 is 10.2 Å². The highest BCUT2D eigenvalue weighted by Crippen LogP contribution is 2.63. The molecule has 5 rings (SSSR count). The summed E-state index contributed by atoms with van der Waals surface area (Å²) in [6.45, 7) is 0. The third-order valence-corrected chi connectivity index (χ3v) is 7.86. The number of aliphatic hydroxyl groups is 2. The van der Waals surface area contributed by atoms with E-state index in [4.69, 9.17) is 0 Å². The van der Waals surface area contributed by atoms with E-state index in [1.807, 2.05) is 121 Å². The van der Waals surface area contributed by atoms with Crippen molar-refractivity contribution in [1.82, 2.24) is 0 Å². The van der Waals surface area contributed by atoms with Crippen molar-refractivity contribution in [2.24, 2.45) is 5.41 Å². The van der Waals surface area contributed by atoms with Crippen LogP contribution in [0.15, 0.2) is 121 Å². The first-order valence-corrected chi connectivity index (χ1v) is 12.3. The molecule has 0 saturated heterocycles. The molecule has 0 heterocycles. The van der Waals surface area contributed by atoms with Crippen LogP contribution < -0.4 is 0 Å². The maximum atomic E-state index is 13.1. The number of benzene rings is 4. The van der Waals surface area contributed by atoms with Gasteiger partial charge in [0.25, 0.3) is 0 Å². The van der Waals surface area contributed by atoms with Gasteiger partial charge in [-0.2, -0.15) is 0 Å². The Morgan fingerprint density at radius 1 is 0.412 bits per heavy atom. The highest BCUT2D eigenvalue weighted by Gasteiger charge is 2.64. The third kappa shape index (κ3) is 3.41. The van der Waals surface area contributed by atoms with E-state index in [0.717, 1.165) is 41.5 Å². The Hall–Kier alpha value is -3.20. The number of hydrogen-bond donors (Lipinski definition) is 2. The molecule has 1 fully saturated rings. The van der Waals surface area contributed by atoms with Gasteiger partial charge in [0.2, 0.25) is 0 Å². The minimum atomic E-state index is -1.41. The molecule has 4 aromatic carbocycles. The summed E-state index contributed by atoms with van der Waals surface area (Å²) in [4.78, 5) is 0. The molecule has 0 radical (unpaired) electrons. The Balaban J connectivity index is 1.89. The Kier molecular flexibility index (Phi) is 6.12. The van der Waals surface area contributed by atoms with Gasteiger partial charge in [0.1, 0.15) is 11.2 Å². The second kappa shape index (κ2) is 9.21. The first-order valence-electron chi connectivity index (χ1n) is 12.3. The molecular weight excluding hydrogens is 416 g/mol. The fourth-order valence-electron chi connectivity index (χ4n) is 6.30. The van der Waals surface area contributed by atoms with Crippen molar-refractivity contribution in [1.29, 1.82) is 0 Å². The van der Waals surface area contributed by atoms with Crippen LogP contribution in [0.2, 0.25) is 0 Å². The normalized spacial score (nSPS) is 16.2. The van der Waals surface area contributed by atoms with E-state index in [-0.39, 0.29) is 0 Å². The molecule has 0 aromatic heterocycles. The first-order chi connectivity index (χ1) is 16.6. The van der Waals surface area contributed by atoms with Gasteiger partial charge in [0.05, 0.1) is 0 Å². The Labute approximate surface area is 202 Å². The maximum absolute atomic E-state index is 13.1. The summed E-state index contributed by atoms with van der Waals surface area (Å²) in [6, 6.07) is 39.7.